The molecular formula is C15H22N2O. The summed E-state index contributed by atoms with van der Waals surface area (Å²) in [4.78, 5) is 2.60. The molecule has 0 amide bonds. The Labute approximate surface area is 109 Å². The number of nitrogens with one attached hydrogen (secondary N) is 1. The number of likely N-dealkylation sites (tertiary alicyclic amines) is 1. The summed E-state index contributed by atoms with van der Waals surface area (Å²) in [5.41, 5.74) is 0. The first-order chi connectivity index (χ1) is 8.92. The molecule has 3 heteroatoms. The van der Waals surface area contributed by atoms with Gasteiger partial charge in [-0.15, -0.1) is 0 Å². The lowest BCUT2D eigenvalue weighted by Crippen LogP contribution is -2.27. The lowest BCUT2D eigenvalue weighted by atomic mass is 10.0. The van der Waals surface area contributed by atoms with Gasteiger partial charge < -0.3 is 15.0 Å². The van der Waals surface area contributed by atoms with E-state index < -0.39 is 0 Å². The zero-order valence-electron chi connectivity index (χ0n) is 10.8. The maximum Gasteiger partial charge on any atom is 0.119 e. The van der Waals surface area contributed by atoms with Crippen molar-refractivity contribution < 1.29 is 4.74 Å². The van der Waals surface area contributed by atoms with Crippen LogP contribution in [0.1, 0.15) is 6.42 Å². The summed E-state index contributed by atoms with van der Waals surface area (Å²) in [5, 5.41) is 3.48. The zero-order chi connectivity index (χ0) is 12.2. The number of hydrogen-bond acceptors (Lipinski definition) is 3. The first-order valence-corrected chi connectivity index (χ1v) is 7.03. The van der Waals surface area contributed by atoms with Crippen LogP contribution in [-0.2, 0) is 0 Å². The Morgan fingerprint density at radius 3 is 2.56 bits per heavy atom. The van der Waals surface area contributed by atoms with Crippen molar-refractivity contribution in [1.29, 1.82) is 0 Å². The van der Waals surface area contributed by atoms with Crippen LogP contribution < -0.4 is 10.1 Å². The number of ether oxygens (including phenoxy) is 1. The van der Waals surface area contributed by atoms with Gasteiger partial charge in [0.1, 0.15) is 5.75 Å². The molecule has 2 fully saturated rings. The highest BCUT2D eigenvalue weighted by atomic mass is 16.5. The highest BCUT2D eigenvalue weighted by Gasteiger charge is 2.35. The minimum atomic E-state index is 0.827. The van der Waals surface area contributed by atoms with Gasteiger partial charge in [-0.1, -0.05) is 18.2 Å². The SMILES string of the molecule is c1ccc(OCCCN2CC3CNCC3C2)cc1. The number of rotatable bonds is 5. The monoisotopic (exact) mass is 246 g/mol. The van der Waals surface area contributed by atoms with Crippen LogP contribution in [0.4, 0.5) is 0 Å². The van der Waals surface area contributed by atoms with Crippen molar-refractivity contribution >= 4 is 0 Å². The Balaban J connectivity index is 1.34. The van der Waals surface area contributed by atoms with E-state index in [4.69, 9.17) is 4.74 Å². The zero-order valence-corrected chi connectivity index (χ0v) is 10.8. The van der Waals surface area contributed by atoms with E-state index in [0.717, 1.165) is 30.6 Å². The van der Waals surface area contributed by atoms with E-state index in [1.807, 2.05) is 30.3 Å². The molecule has 3 rings (SSSR count). The molecule has 2 atom stereocenters. The molecule has 0 saturated carbocycles. The lowest BCUT2D eigenvalue weighted by Gasteiger charge is -2.16. The Bertz CT molecular complexity index is 356. The molecule has 2 unspecified atom stereocenters. The molecule has 1 aromatic rings. The van der Waals surface area contributed by atoms with Crippen LogP contribution >= 0.6 is 0 Å². The molecule has 2 saturated heterocycles. The molecule has 0 radical (unpaired) electrons. The number of hydrogen-bond donors (Lipinski definition) is 1. The summed E-state index contributed by atoms with van der Waals surface area (Å²) in [7, 11) is 0. The van der Waals surface area contributed by atoms with E-state index in [9.17, 15) is 0 Å². The quantitative estimate of drug-likeness (QED) is 0.799. The normalized spacial score (nSPS) is 27.3. The number of nitrogens with zero attached hydrogens (tertiary/aromatic N) is 1. The third kappa shape index (κ3) is 2.85. The standard InChI is InChI=1S/C15H22N2O/c1-2-5-15(6-3-1)18-8-4-7-17-11-13-9-16-10-14(13)12-17/h1-3,5-6,13-14,16H,4,7-12H2. The van der Waals surface area contributed by atoms with E-state index in [1.165, 1.54) is 32.7 Å². The molecule has 0 aromatic heterocycles. The minimum Gasteiger partial charge on any atom is -0.494 e. The maximum absolute atomic E-state index is 5.72. The van der Waals surface area contributed by atoms with Crippen molar-refractivity contribution in [3.63, 3.8) is 0 Å². The largest absolute Gasteiger partial charge is 0.494 e. The van der Waals surface area contributed by atoms with Crippen molar-refractivity contribution in [2.24, 2.45) is 11.8 Å². The summed E-state index contributed by atoms with van der Waals surface area (Å²) in [5.74, 6) is 2.79. The smallest absolute Gasteiger partial charge is 0.119 e. The van der Waals surface area contributed by atoms with Crippen molar-refractivity contribution in [2.45, 2.75) is 6.42 Å². The van der Waals surface area contributed by atoms with Gasteiger partial charge in [0.2, 0.25) is 0 Å². The van der Waals surface area contributed by atoms with Crippen LogP contribution in [0.3, 0.4) is 0 Å². The molecule has 2 aliphatic rings. The van der Waals surface area contributed by atoms with Crippen LogP contribution in [-0.4, -0.2) is 44.2 Å². The summed E-state index contributed by atoms with van der Waals surface area (Å²) < 4.78 is 5.72. The molecule has 2 heterocycles. The fourth-order valence-corrected chi connectivity index (χ4v) is 3.13. The number of fused-ring (bicyclic) bond motifs is 1. The van der Waals surface area contributed by atoms with E-state index in [-0.39, 0.29) is 0 Å². The minimum absolute atomic E-state index is 0.827. The molecule has 1 N–H and O–H groups in total. The third-order valence-corrected chi connectivity index (χ3v) is 4.10. The predicted molar refractivity (Wildman–Crippen MR) is 72.8 cm³/mol. The van der Waals surface area contributed by atoms with Gasteiger partial charge in [-0.25, -0.2) is 0 Å². The Hall–Kier alpha value is -1.06. The average molecular weight is 246 g/mol. The molecular weight excluding hydrogens is 224 g/mol. The number of benzene rings is 1. The summed E-state index contributed by atoms with van der Waals surface area (Å²) in [6.45, 7) is 7.02. The second-order valence-corrected chi connectivity index (χ2v) is 5.45. The van der Waals surface area contributed by atoms with Gasteiger partial charge in [0.15, 0.2) is 0 Å². The molecule has 0 aliphatic carbocycles. The topological polar surface area (TPSA) is 24.5 Å². The Morgan fingerprint density at radius 1 is 1.11 bits per heavy atom. The van der Waals surface area contributed by atoms with E-state index in [1.54, 1.807) is 0 Å². The first-order valence-electron chi connectivity index (χ1n) is 7.03. The Morgan fingerprint density at radius 2 is 1.83 bits per heavy atom. The van der Waals surface area contributed by atoms with Crippen molar-refractivity contribution in [2.75, 3.05) is 39.3 Å². The van der Waals surface area contributed by atoms with Crippen LogP contribution in [0.2, 0.25) is 0 Å². The second-order valence-electron chi connectivity index (χ2n) is 5.45. The van der Waals surface area contributed by atoms with Gasteiger partial charge in [-0.05, 0) is 43.5 Å². The molecule has 0 bridgehead atoms. The highest BCUT2D eigenvalue weighted by molar-refractivity contribution is 5.20. The maximum atomic E-state index is 5.72. The predicted octanol–water partition coefficient (Wildman–Crippen LogP) is 1.61. The molecule has 2 aliphatic heterocycles. The van der Waals surface area contributed by atoms with Crippen molar-refractivity contribution in [3.05, 3.63) is 30.3 Å². The Kier molecular flexibility index (Phi) is 3.81. The fraction of sp³-hybridized carbons (Fsp3) is 0.600. The third-order valence-electron chi connectivity index (χ3n) is 4.10. The summed E-state index contributed by atoms with van der Waals surface area (Å²) >= 11 is 0. The fourth-order valence-electron chi connectivity index (χ4n) is 3.13. The van der Waals surface area contributed by atoms with Gasteiger partial charge in [-0.3, -0.25) is 0 Å². The van der Waals surface area contributed by atoms with E-state index in [0.29, 0.717) is 0 Å². The van der Waals surface area contributed by atoms with Crippen molar-refractivity contribution in [1.82, 2.24) is 10.2 Å². The van der Waals surface area contributed by atoms with Crippen LogP contribution in [0.5, 0.6) is 5.75 Å². The average Bonchev–Trinajstić information content (AvgIpc) is 2.96. The number of para-hydroxylation sites is 1. The molecule has 1 aromatic carbocycles. The summed E-state index contributed by atoms with van der Waals surface area (Å²) in [6, 6.07) is 10.1. The molecule has 18 heavy (non-hydrogen) atoms. The molecule has 3 nitrogen and oxygen atoms in total. The van der Waals surface area contributed by atoms with Gasteiger partial charge in [0, 0.05) is 19.6 Å². The lowest BCUT2D eigenvalue weighted by molar-refractivity contribution is 0.254. The van der Waals surface area contributed by atoms with Crippen LogP contribution in [0.15, 0.2) is 30.3 Å². The van der Waals surface area contributed by atoms with E-state index >= 15 is 0 Å². The van der Waals surface area contributed by atoms with Crippen molar-refractivity contribution in [3.8, 4) is 5.75 Å². The molecule has 98 valence electrons. The highest BCUT2D eigenvalue weighted by Crippen LogP contribution is 2.26. The second kappa shape index (κ2) is 5.72. The van der Waals surface area contributed by atoms with Gasteiger partial charge >= 0.3 is 0 Å². The van der Waals surface area contributed by atoms with Crippen LogP contribution in [0.25, 0.3) is 0 Å². The van der Waals surface area contributed by atoms with Gasteiger partial charge in [0.05, 0.1) is 6.61 Å². The molecule has 0 spiro atoms. The van der Waals surface area contributed by atoms with E-state index in [2.05, 4.69) is 10.2 Å². The van der Waals surface area contributed by atoms with Gasteiger partial charge in [0.25, 0.3) is 0 Å². The summed E-state index contributed by atoms with van der Waals surface area (Å²) in [6.07, 6.45) is 1.13. The van der Waals surface area contributed by atoms with Gasteiger partial charge in [-0.2, -0.15) is 0 Å². The first kappa shape index (κ1) is 12.0. The van der Waals surface area contributed by atoms with Crippen LogP contribution in [0, 0.1) is 11.8 Å².